The number of hydrogen-bond donors (Lipinski definition) is 1. The van der Waals surface area contributed by atoms with Gasteiger partial charge in [0.25, 0.3) is 0 Å². The SMILES string of the molecule is O=C(O)CCC(=O)N1N=C(c2ccccc2)C[C@@H]1c1ccccc1F. The maximum atomic E-state index is 14.2. The third-order valence-electron chi connectivity index (χ3n) is 4.09. The van der Waals surface area contributed by atoms with Crippen molar-refractivity contribution < 1.29 is 19.1 Å². The normalized spacial score (nSPS) is 16.6. The van der Waals surface area contributed by atoms with Gasteiger partial charge in [-0.1, -0.05) is 48.5 Å². The highest BCUT2D eigenvalue weighted by Crippen LogP contribution is 2.34. The Morgan fingerprint density at radius 2 is 1.76 bits per heavy atom. The van der Waals surface area contributed by atoms with Crippen molar-refractivity contribution >= 4 is 17.6 Å². The van der Waals surface area contributed by atoms with E-state index in [9.17, 15) is 14.0 Å². The first-order chi connectivity index (χ1) is 12.1. The molecule has 0 saturated heterocycles. The number of halogens is 1. The average molecular weight is 340 g/mol. The van der Waals surface area contributed by atoms with Gasteiger partial charge in [0.1, 0.15) is 5.82 Å². The number of aliphatic carboxylic acids is 1. The van der Waals surface area contributed by atoms with E-state index in [1.807, 2.05) is 30.3 Å². The van der Waals surface area contributed by atoms with Crippen molar-refractivity contribution in [1.82, 2.24) is 5.01 Å². The molecule has 5 nitrogen and oxygen atoms in total. The third kappa shape index (κ3) is 3.74. The zero-order chi connectivity index (χ0) is 17.8. The summed E-state index contributed by atoms with van der Waals surface area (Å²) < 4.78 is 14.2. The summed E-state index contributed by atoms with van der Waals surface area (Å²) in [5.41, 5.74) is 1.91. The predicted molar refractivity (Wildman–Crippen MR) is 90.5 cm³/mol. The van der Waals surface area contributed by atoms with E-state index in [2.05, 4.69) is 5.10 Å². The van der Waals surface area contributed by atoms with Crippen molar-refractivity contribution in [1.29, 1.82) is 0 Å². The van der Waals surface area contributed by atoms with Crippen LogP contribution in [-0.2, 0) is 9.59 Å². The van der Waals surface area contributed by atoms with Gasteiger partial charge in [-0.3, -0.25) is 9.59 Å². The highest BCUT2D eigenvalue weighted by atomic mass is 19.1. The van der Waals surface area contributed by atoms with E-state index in [0.717, 1.165) is 5.56 Å². The second-order valence-corrected chi connectivity index (χ2v) is 5.79. The molecule has 1 amide bonds. The fourth-order valence-electron chi connectivity index (χ4n) is 2.86. The minimum absolute atomic E-state index is 0.175. The van der Waals surface area contributed by atoms with Gasteiger partial charge >= 0.3 is 5.97 Å². The molecule has 6 heteroatoms. The topological polar surface area (TPSA) is 70.0 Å². The molecule has 2 aromatic carbocycles. The molecule has 3 rings (SSSR count). The van der Waals surface area contributed by atoms with Gasteiger partial charge < -0.3 is 5.11 Å². The van der Waals surface area contributed by atoms with Crippen LogP contribution in [0.4, 0.5) is 4.39 Å². The van der Waals surface area contributed by atoms with Crippen molar-refractivity contribution in [3.05, 3.63) is 71.5 Å². The smallest absolute Gasteiger partial charge is 0.303 e. The summed E-state index contributed by atoms with van der Waals surface area (Å²) in [5.74, 6) is -1.89. The number of nitrogens with zero attached hydrogens (tertiary/aromatic N) is 2. The summed E-state index contributed by atoms with van der Waals surface area (Å²) in [6, 6.07) is 15.1. The molecule has 1 aliphatic heterocycles. The van der Waals surface area contributed by atoms with E-state index in [1.54, 1.807) is 18.2 Å². The molecule has 0 fully saturated rings. The van der Waals surface area contributed by atoms with E-state index in [-0.39, 0.29) is 12.8 Å². The fraction of sp³-hybridized carbons (Fsp3) is 0.211. The molecule has 0 spiro atoms. The lowest BCUT2D eigenvalue weighted by Gasteiger charge is -2.22. The number of amides is 1. The minimum atomic E-state index is -1.05. The Kier molecular flexibility index (Phi) is 4.88. The van der Waals surface area contributed by atoms with E-state index < -0.39 is 23.7 Å². The molecule has 0 radical (unpaired) electrons. The van der Waals surface area contributed by atoms with Crippen LogP contribution in [0.1, 0.15) is 36.4 Å². The number of rotatable bonds is 5. The molecule has 0 aliphatic carbocycles. The summed E-state index contributed by atoms with van der Waals surface area (Å²) >= 11 is 0. The van der Waals surface area contributed by atoms with Gasteiger partial charge in [0.05, 0.1) is 18.2 Å². The number of carboxylic acid groups (broad SMARTS) is 1. The molecular formula is C19H17FN2O3. The molecule has 2 aromatic rings. The highest BCUT2D eigenvalue weighted by Gasteiger charge is 2.34. The number of carbonyl (C=O) groups is 2. The van der Waals surface area contributed by atoms with Gasteiger partial charge in [0.15, 0.2) is 0 Å². The summed E-state index contributed by atoms with van der Waals surface area (Å²) in [7, 11) is 0. The molecule has 1 aliphatic rings. The molecule has 0 bridgehead atoms. The maximum Gasteiger partial charge on any atom is 0.303 e. The molecule has 128 valence electrons. The van der Waals surface area contributed by atoms with Gasteiger partial charge in [-0.15, -0.1) is 0 Å². The highest BCUT2D eigenvalue weighted by molar-refractivity contribution is 6.03. The second-order valence-electron chi connectivity index (χ2n) is 5.79. The second kappa shape index (κ2) is 7.25. The van der Waals surface area contributed by atoms with Gasteiger partial charge in [0.2, 0.25) is 5.91 Å². The molecular weight excluding hydrogens is 323 g/mol. The molecule has 1 heterocycles. The largest absolute Gasteiger partial charge is 0.481 e. The number of benzene rings is 2. The zero-order valence-corrected chi connectivity index (χ0v) is 13.4. The third-order valence-corrected chi connectivity index (χ3v) is 4.09. The van der Waals surface area contributed by atoms with Crippen molar-refractivity contribution in [3.63, 3.8) is 0 Å². The summed E-state index contributed by atoms with van der Waals surface area (Å²) in [6.07, 6.45) is -0.0782. The van der Waals surface area contributed by atoms with Crippen LogP contribution in [0.2, 0.25) is 0 Å². The van der Waals surface area contributed by atoms with Crippen molar-refractivity contribution in [3.8, 4) is 0 Å². The number of hydrogen-bond acceptors (Lipinski definition) is 3. The minimum Gasteiger partial charge on any atom is -0.481 e. The molecule has 1 N–H and O–H groups in total. The Labute approximate surface area is 144 Å². The van der Waals surface area contributed by atoms with E-state index in [0.29, 0.717) is 17.7 Å². The lowest BCUT2D eigenvalue weighted by atomic mass is 9.98. The van der Waals surface area contributed by atoms with Gasteiger partial charge in [-0.05, 0) is 11.6 Å². The number of carbonyl (C=O) groups excluding carboxylic acids is 1. The van der Waals surface area contributed by atoms with Crippen LogP contribution in [0.15, 0.2) is 59.7 Å². The van der Waals surface area contributed by atoms with Crippen molar-refractivity contribution in [2.45, 2.75) is 25.3 Å². The quantitative estimate of drug-likeness (QED) is 0.907. The first kappa shape index (κ1) is 16.8. The Bertz CT molecular complexity index is 820. The zero-order valence-electron chi connectivity index (χ0n) is 13.4. The molecule has 25 heavy (non-hydrogen) atoms. The van der Waals surface area contributed by atoms with Crippen LogP contribution in [0.5, 0.6) is 0 Å². The Balaban J connectivity index is 1.92. The fourth-order valence-corrected chi connectivity index (χ4v) is 2.86. The molecule has 1 atom stereocenters. The summed E-state index contributed by atoms with van der Waals surface area (Å²) in [4.78, 5) is 23.2. The summed E-state index contributed by atoms with van der Waals surface area (Å²) in [6.45, 7) is 0. The standard InChI is InChI=1S/C19H17FN2O3/c20-15-9-5-4-8-14(15)17-12-16(13-6-2-1-3-7-13)21-22(17)18(23)10-11-19(24)25/h1-9,17H,10-12H2,(H,24,25)/t17-/m1/s1. The summed E-state index contributed by atoms with van der Waals surface area (Å²) in [5, 5.41) is 14.4. The molecule has 0 unspecified atom stereocenters. The molecule has 0 saturated carbocycles. The lowest BCUT2D eigenvalue weighted by molar-refractivity contribution is -0.141. The Morgan fingerprint density at radius 1 is 1.08 bits per heavy atom. The van der Waals surface area contributed by atoms with Crippen molar-refractivity contribution in [2.75, 3.05) is 0 Å². The van der Waals surface area contributed by atoms with Crippen LogP contribution >= 0.6 is 0 Å². The van der Waals surface area contributed by atoms with Crippen molar-refractivity contribution in [2.24, 2.45) is 5.10 Å². The predicted octanol–water partition coefficient (Wildman–Crippen LogP) is 3.37. The van der Waals surface area contributed by atoms with E-state index >= 15 is 0 Å². The van der Waals surface area contributed by atoms with Gasteiger partial charge in [-0.25, -0.2) is 9.40 Å². The number of hydrazone groups is 1. The van der Waals surface area contributed by atoms with Gasteiger partial charge in [-0.2, -0.15) is 5.10 Å². The van der Waals surface area contributed by atoms with Crippen LogP contribution in [0, 0.1) is 5.82 Å². The number of carboxylic acids is 1. The average Bonchev–Trinajstić information content (AvgIpc) is 3.06. The van der Waals surface area contributed by atoms with E-state index in [1.165, 1.54) is 11.1 Å². The van der Waals surface area contributed by atoms with Crippen LogP contribution in [-0.4, -0.2) is 27.7 Å². The maximum absolute atomic E-state index is 14.2. The Morgan fingerprint density at radius 3 is 2.44 bits per heavy atom. The Hall–Kier alpha value is -3.02. The first-order valence-electron chi connectivity index (χ1n) is 7.97. The van der Waals surface area contributed by atoms with E-state index in [4.69, 9.17) is 5.11 Å². The monoisotopic (exact) mass is 340 g/mol. The molecule has 0 aromatic heterocycles. The van der Waals surface area contributed by atoms with Crippen LogP contribution in [0.25, 0.3) is 0 Å². The lowest BCUT2D eigenvalue weighted by Crippen LogP contribution is -2.28. The van der Waals surface area contributed by atoms with Crippen LogP contribution < -0.4 is 0 Å². The first-order valence-corrected chi connectivity index (χ1v) is 7.97. The van der Waals surface area contributed by atoms with Crippen LogP contribution in [0.3, 0.4) is 0 Å². The van der Waals surface area contributed by atoms with Gasteiger partial charge in [0, 0.05) is 18.4 Å².